The molecule has 2 heterocycles. The Kier molecular flexibility index (Phi) is 4.11. The summed E-state index contributed by atoms with van der Waals surface area (Å²) in [5, 5.41) is 0.988. The Hall–Kier alpha value is -1.86. The van der Waals surface area contributed by atoms with E-state index in [1.165, 1.54) is 0 Å². The van der Waals surface area contributed by atoms with Gasteiger partial charge in [-0.2, -0.15) is 13.2 Å². The molecule has 1 aromatic heterocycles. The van der Waals surface area contributed by atoms with Crippen LogP contribution in [0.15, 0.2) is 30.3 Å². The molecule has 2 fully saturated rings. The minimum atomic E-state index is -4.10. The molecule has 7 heteroatoms. The van der Waals surface area contributed by atoms with Gasteiger partial charge in [-0.3, -0.25) is 0 Å². The van der Waals surface area contributed by atoms with Crippen molar-refractivity contribution in [2.75, 3.05) is 18.0 Å². The number of halogens is 3. The number of aromatic nitrogens is 1. The normalized spacial score (nSPS) is 27.6. The zero-order chi connectivity index (χ0) is 18.5. The van der Waals surface area contributed by atoms with E-state index in [0.29, 0.717) is 13.1 Å². The third-order valence-electron chi connectivity index (χ3n) is 5.78. The summed E-state index contributed by atoms with van der Waals surface area (Å²) in [5.74, 6) is -0.463. The molecule has 4 nitrogen and oxygen atoms in total. The number of anilines is 1. The minimum Gasteiger partial charge on any atom is -0.357 e. The molecule has 1 aliphatic carbocycles. The highest BCUT2D eigenvalue weighted by Gasteiger charge is 2.41. The van der Waals surface area contributed by atoms with Gasteiger partial charge in [0, 0.05) is 30.1 Å². The van der Waals surface area contributed by atoms with Gasteiger partial charge < -0.3 is 16.4 Å². The second-order valence-corrected chi connectivity index (χ2v) is 7.70. The molecule has 1 aromatic carbocycles. The van der Waals surface area contributed by atoms with Crippen LogP contribution in [0.3, 0.4) is 0 Å². The molecule has 26 heavy (non-hydrogen) atoms. The highest BCUT2D eigenvalue weighted by Crippen LogP contribution is 2.39. The first-order valence-electron chi connectivity index (χ1n) is 9.02. The molecular weight excluding hydrogens is 341 g/mol. The molecule has 0 bridgehead atoms. The molecule has 0 unspecified atom stereocenters. The number of nitrogens with two attached hydrogens (primary N) is 2. The van der Waals surface area contributed by atoms with E-state index >= 15 is 0 Å². The molecule has 0 radical (unpaired) electrons. The fourth-order valence-corrected chi connectivity index (χ4v) is 4.15. The number of benzene rings is 1. The Morgan fingerprint density at radius 3 is 2.38 bits per heavy atom. The number of fused-ring (bicyclic) bond motifs is 1. The van der Waals surface area contributed by atoms with Crippen molar-refractivity contribution < 1.29 is 13.2 Å². The summed E-state index contributed by atoms with van der Waals surface area (Å²) < 4.78 is 38.5. The van der Waals surface area contributed by atoms with Crippen LogP contribution in [0.4, 0.5) is 19.0 Å². The number of piperidine rings is 1. The van der Waals surface area contributed by atoms with Gasteiger partial charge in [0.1, 0.15) is 5.82 Å². The lowest BCUT2D eigenvalue weighted by Gasteiger charge is -2.43. The van der Waals surface area contributed by atoms with Crippen molar-refractivity contribution in [2.24, 2.45) is 17.4 Å². The van der Waals surface area contributed by atoms with Crippen molar-refractivity contribution in [3.63, 3.8) is 0 Å². The molecule has 4 N–H and O–H groups in total. The molecule has 4 rings (SSSR count). The largest absolute Gasteiger partial charge is 0.391 e. The van der Waals surface area contributed by atoms with Crippen LogP contribution in [0.25, 0.3) is 10.9 Å². The van der Waals surface area contributed by atoms with Gasteiger partial charge in [-0.15, -0.1) is 0 Å². The molecular formula is C19H23F3N4. The first kappa shape index (κ1) is 17.5. The molecule has 0 spiro atoms. The third-order valence-corrected chi connectivity index (χ3v) is 5.78. The molecule has 140 valence electrons. The molecule has 1 aliphatic heterocycles. The summed E-state index contributed by atoms with van der Waals surface area (Å²) in [5.41, 5.74) is 13.8. The summed E-state index contributed by atoms with van der Waals surface area (Å²) in [6.07, 6.45) is -2.30. The van der Waals surface area contributed by atoms with E-state index in [1.807, 2.05) is 35.2 Å². The average molecular weight is 364 g/mol. The molecule has 0 amide bonds. The van der Waals surface area contributed by atoms with Gasteiger partial charge in [-0.25, -0.2) is 4.98 Å². The van der Waals surface area contributed by atoms with E-state index in [-0.39, 0.29) is 24.4 Å². The number of alkyl halides is 3. The predicted molar refractivity (Wildman–Crippen MR) is 95.8 cm³/mol. The average Bonchev–Trinajstić information content (AvgIpc) is 2.59. The summed E-state index contributed by atoms with van der Waals surface area (Å²) in [7, 11) is 0. The molecule has 2 aliphatic rings. The Morgan fingerprint density at radius 2 is 1.77 bits per heavy atom. The molecule has 2 aromatic rings. The SMILES string of the molecule is NC1CC(N)(c2ccc3nc(N4CCC(C(F)(F)F)CC4)ccc3c2)C1. The van der Waals surface area contributed by atoms with Gasteiger partial charge in [-0.1, -0.05) is 6.07 Å². The lowest BCUT2D eigenvalue weighted by atomic mass is 9.69. The van der Waals surface area contributed by atoms with Crippen molar-refractivity contribution in [2.45, 2.75) is 43.4 Å². The molecule has 1 saturated heterocycles. The van der Waals surface area contributed by atoms with Crippen LogP contribution in [0.5, 0.6) is 0 Å². The van der Waals surface area contributed by atoms with Crippen molar-refractivity contribution in [1.29, 1.82) is 0 Å². The fraction of sp³-hybridized carbons (Fsp3) is 0.526. The number of hydrogen-bond acceptors (Lipinski definition) is 4. The number of nitrogens with zero attached hydrogens (tertiary/aromatic N) is 2. The maximum Gasteiger partial charge on any atom is 0.391 e. The lowest BCUT2D eigenvalue weighted by molar-refractivity contribution is -0.179. The second-order valence-electron chi connectivity index (χ2n) is 7.70. The van der Waals surface area contributed by atoms with E-state index in [0.717, 1.165) is 35.1 Å². The first-order valence-corrected chi connectivity index (χ1v) is 9.02. The van der Waals surface area contributed by atoms with E-state index in [4.69, 9.17) is 11.5 Å². The van der Waals surface area contributed by atoms with Crippen molar-refractivity contribution in [3.05, 3.63) is 35.9 Å². The third kappa shape index (κ3) is 3.14. The highest BCUT2D eigenvalue weighted by atomic mass is 19.4. The van der Waals surface area contributed by atoms with Crippen LogP contribution in [0.2, 0.25) is 0 Å². The topological polar surface area (TPSA) is 68.2 Å². The van der Waals surface area contributed by atoms with Crippen molar-refractivity contribution in [1.82, 2.24) is 4.98 Å². The molecule has 0 atom stereocenters. The van der Waals surface area contributed by atoms with Gasteiger partial charge >= 0.3 is 6.18 Å². The lowest BCUT2D eigenvalue weighted by Crippen LogP contribution is -2.55. The molecule has 1 saturated carbocycles. The Labute approximate surface area is 150 Å². The van der Waals surface area contributed by atoms with Crippen LogP contribution < -0.4 is 16.4 Å². The quantitative estimate of drug-likeness (QED) is 0.858. The number of hydrogen-bond donors (Lipinski definition) is 2. The maximum absolute atomic E-state index is 12.8. The van der Waals surface area contributed by atoms with Crippen LogP contribution >= 0.6 is 0 Å². The van der Waals surface area contributed by atoms with E-state index in [2.05, 4.69) is 4.98 Å². The van der Waals surface area contributed by atoms with Crippen LogP contribution in [-0.4, -0.2) is 30.3 Å². The maximum atomic E-state index is 12.8. The van der Waals surface area contributed by atoms with Gasteiger partial charge in [0.05, 0.1) is 11.4 Å². The van der Waals surface area contributed by atoms with Crippen LogP contribution in [-0.2, 0) is 5.54 Å². The van der Waals surface area contributed by atoms with Crippen molar-refractivity contribution in [3.8, 4) is 0 Å². The Morgan fingerprint density at radius 1 is 1.08 bits per heavy atom. The van der Waals surface area contributed by atoms with Gasteiger partial charge in [0.25, 0.3) is 0 Å². The zero-order valence-corrected chi connectivity index (χ0v) is 14.5. The summed E-state index contributed by atoms with van der Waals surface area (Å²) in [4.78, 5) is 6.58. The smallest absolute Gasteiger partial charge is 0.357 e. The standard InChI is InChI=1S/C19H23F3N4/c20-19(21,22)13-5-7-26(8-6-13)17-4-1-12-9-14(2-3-16(12)25-17)18(24)10-15(23)11-18/h1-4,9,13,15H,5-8,10-11,23-24H2. The monoisotopic (exact) mass is 364 g/mol. The van der Waals surface area contributed by atoms with Gasteiger partial charge in [0.15, 0.2) is 0 Å². The minimum absolute atomic E-state index is 0.123. The second kappa shape index (κ2) is 6.09. The fourth-order valence-electron chi connectivity index (χ4n) is 4.15. The van der Waals surface area contributed by atoms with E-state index in [1.54, 1.807) is 0 Å². The highest BCUT2D eigenvalue weighted by molar-refractivity contribution is 5.81. The van der Waals surface area contributed by atoms with Gasteiger partial charge in [0.2, 0.25) is 0 Å². The summed E-state index contributed by atoms with van der Waals surface area (Å²) >= 11 is 0. The summed E-state index contributed by atoms with van der Waals surface area (Å²) in [6.45, 7) is 0.759. The van der Waals surface area contributed by atoms with Gasteiger partial charge in [-0.05, 0) is 55.5 Å². The van der Waals surface area contributed by atoms with Crippen LogP contribution in [0, 0.1) is 5.92 Å². The Balaban J connectivity index is 1.52. The first-order chi connectivity index (χ1) is 12.2. The zero-order valence-electron chi connectivity index (χ0n) is 14.5. The summed E-state index contributed by atoms with van der Waals surface area (Å²) in [6, 6.07) is 9.99. The number of pyridine rings is 1. The van der Waals surface area contributed by atoms with Crippen molar-refractivity contribution >= 4 is 16.7 Å². The predicted octanol–water partition coefficient (Wildman–Crippen LogP) is 3.29. The van der Waals surface area contributed by atoms with Crippen LogP contribution in [0.1, 0.15) is 31.2 Å². The van der Waals surface area contributed by atoms with E-state index < -0.39 is 12.1 Å². The van der Waals surface area contributed by atoms with E-state index in [9.17, 15) is 13.2 Å². The number of rotatable bonds is 2. The Bertz CT molecular complexity index is 806.